The Morgan fingerprint density at radius 1 is 1.25 bits per heavy atom. The van der Waals surface area contributed by atoms with E-state index in [1.54, 1.807) is 18.2 Å². The number of benzene rings is 1. The van der Waals surface area contributed by atoms with Gasteiger partial charge in [-0.3, -0.25) is 4.79 Å². The van der Waals surface area contributed by atoms with Crippen molar-refractivity contribution >= 4 is 22.8 Å². The zero-order valence-corrected chi connectivity index (χ0v) is 13.4. The molecule has 0 spiro atoms. The fourth-order valence-electron chi connectivity index (χ4n) is 2.46. The van der Waals surface area contributed by atoms with E-state index in [4.69, 9.17) is 0 Å². The number of halogens is 1. The molecule has 8 heteroatoms. The number of nitrogens with zero attached hydrogens (tertiary/aromatic N) is 4. The monoisotopic (exact) mass is 328 g/mol. The zero-order valence-electron chi connectivity index (χ0n) is 13.4. The molecule has 0 fully saturated rings. The lowest BCUT2D eigenvalue weighted by molar-refractivity contribution is -0.118. The van der Waals surface area contributed by atoms with Gasteiger partial charge in [0.25, 0.3) is 0 Å². The highest BCUT2D eigenvalue weighted by Gasteiger charge is 2.16. The first-order valence-corrected chi connectivity index (χ1v) is 7.51. The normalized spacial score (nSPS) is 10.8. The van der Waals surface area contributed by atoms with Crippen molar-refractivity contribution in [1.82, 2.24) is 25.1 Å². The van der Waals surface area contributed by atoms with E-state index in [1.807, 2.05) is 6.92 Å². The van der Waals surface area contributed by atoms with E-state index in [0.29, 0.717) is 35.9 Å². The van der Waals surface area contributed by atoms with Crippen LogP contribution in [0.5, 0.6) is 0 Å². The first-order chi connectivity index (χ1) is 11.6. The topological polar surface area (TPSA) is 84.7 Å². The molecule has 3 rings (SSSR count). The Labute approximate surface area is 137 Å². The van der Waals surface area contributed by atoms with Crippen LogP contribution in [0.1, 0.15) is 12.6 Å². The standard InChI is InChI=1S/C16H17FN6O/c1-10-14-15(19-8-7-18-11(2)24)20-9-21-16(14)23(22-10)13-6-4-3-5-12(13)17/h3-6,9H,7-8H2,1-2H3,(H,18,24)(H,19,20,21). The number of amides is 1. The minimum absolute atomic E-state index is 0.0896. The number of aromatic nitrogens is 4. The van der Waals surface area contributed by atoms with Crippen molar-refractivity contribution in [1.29, 1.82) is 0 Å². The van der Waals surface area contributed by atoms with Gasteiger partial charge in [-0.05, 0) is 19.1 Å². The van der Waals surface area contributed by atoms with Gasteiger partial charge in [0.2, 0.25) is 5.91 Å². The second-order valence-electron chi connectivity index (χ2n) is 5.28. The van der Waals surface area contributed by atoms with E-state index in [0.717, 1.165) is 5.39 Å². The highest BCUT2D eigenvalue weighted by atomic mass is 19.1. The molecule has 0 aliphatic rings. The van der Waals surface area contributed by atoms with Crippen LogP contribution in [-0.2, 0) is 4.79 Å². The predicted molar refractivity (Wildman–Crippen MR) is 88.5 cm³/mol. The van der Waals surface area contributed by atoms with Gasteiger partial charge in [0.1, 0.15) is 23.6 Å². The molecule has 0 radical (unpaired) electrons. The second kappa shape index (κ2) is 6.61. The summed E-state index contributed by atoms with van der Waals surface area (Å²) in [5.74, 6) is 0.138. The van der Waals surface area contributed by atoms with Crippen molar-refractivity contribution in [2.45, 2.75) is 13.8 Å². The third-order valence-electron chi connectivity index (χ3n) is 3.51. The summed E-state index contributed by atoms with van der Waals surface area (Å²) in [6.07, 6.45) is 1.40. The zero-order chi connectivity index (χ0) is 17.1. The number of hydrogen-bond acceptors (Lipinski definition) is 5. The van der Waals surface area contributed by atoms with Gasteiger partial charge in [-0.15, -0.1) is 0 Å². The first-order valence-electron chi connectivity index (χ1n) is 7.51. The van der Waals surface area contributed by atoms with E-state index in [9.17, 15) is 9.18 Å². The molecule has 1 aromatic carbocycles. The van der Waals surface area contributed by atoms with Gasteiger partial charge in [-0.2, -0.15) is 5.10 Å². The highest BCUT2D eigenvalue weighted by Crippen LogP contribution is 2.25. The molecule has 124 valence electrons. The van der Waals surface area contributed by atoms with Crippen molar-refractivity contribution in [2.24, 2.45) is 0 Å². The van der Waals surface area contributed by atoms with Crippen LogP contribution in [0.25, 0.3) is 16.7 Å². The van der Waals surface area contributed by atoms with Crippen LogP contribution < -0.4 is 10.6 Å². The summed E-state index contributed by atoms with van der Waals surface area (Å²) >= 11 is 0. The minimum atomic E-state index is -0.374. The van der Waals surface area contributed by atoms with Crippen LogP contribution >= 0.6 is 0 Å². The fourth-order valence-corrected chi connectivity index (χ4v) is 2.46. The molecule has 0 atom stereocenters. The van der Waals surface area contributed by atoms with Crippen molar-refractivity contribution in [2.75, 3.05) is 18.4 Å². The van der Waals surface area contributed by atoms with Crippen molar-refractivity contribution in [3.05, 3.63) is 42.1 Å². The molecule has 0 aliphatic heterocycles. The number of aryl methyl sites for hydroxylation is 1. The summed E-state index contributed by atoms with van der Waals surface area (Å²) in [5.41, 5.74) is 1.55. The molecule has 2 N–H and O–H groups in total. The molecule has 0 bridgehead atoms. The number of anilines is 1. The predicted octanol–water partition coefficient (Wildman–Crippen LogP) is 1.81. The molecule has 1 amide bonds. The molecule has 0 saturated heterocycles. The van der Waals surface area contributed by atoms with E-state index in [1.165, 1.54) is 24.0 Å². The Balaban J connectivity index is 1.97. The highest BCUT2D eigenvalue weighted by molar-refractivity contribution is 5.90. The van der Waals surface area contributed by atoms with Crippen molar-refractivity contribution in [3.63, 3.8) is 0 Å². The van der Waals surface area contributed by atoms with Gasteiger partial charge in [-0.1, -0.05) is 12.1 Å². The van der Waals surface area contributed by atoms with E-state index in [2.05, 4.69) is 25.7 Å². The summed E-state index contributed by atoms with van der Waals surface area (Å²) in [7, 11) is 0. The summed E-state index contributed by atoms with van der Waals surface area (Å²) in [5, 5.41) is 11.0. The van der Waals surface area contributed by atoms with Gasteiger partial charge in [0.15, 0.2) is 5.65 Å². The van der Waals surface area contributed by atoms with Gasteiger partial charge in [0, 0.05) is 20.0 Å². The number of carbonyl (C=O) groups is 1. The summed E-state index contributed by atoms with van der Waals surface area (Å²) in [6, 6.07) is 6.40. The third-order valence-corrected chi connectivity index (χ3v) is 3.51. The number of carbonyl (C=O) groups excluding carboxylic acids is 1. The molecular weight excluding hydrogens is 311 g/mol. The Hall–Kier alpha value is -3.03. The van der Waals surface area contributed by atoms with Crippen molar-refractivity contribution in [3.8, 4) is 5.69 Å². The average molecular weight is 328 g/mol. The lowest BCUT2D eigenvalue weighted by Gasteiger charge is -2.07. The van der Waals surface area contributed by atoms with Crippen LogP contribution in [0.3, 0.4) is 0 Å². The Bertz CT molecular complexity index is 891. The van der Waals surface area contributed by atoms with Gasteiger partial charge in [0.05, 0.1) is 11.1 Å². The number of rotatable bonds is 5. The molecular formula is C16H17FN6O. The van der Waals surface area contributed by atoms with Gasteiger partial charge < -0.3 is 10.6 Å². The van der Waals surface area contributed by atoms with E-state index < -0.39 is 0 Å². The molecule has 0 saturated carbocycles. The maximum atomic E-state index is 14.1. The SMILES string of the molecule is CC(=O)NCCNc1ncnc2c1c(C)nn2-c1ccccc1F. The summed E-state index contributed by atoms with van der Waals surface area (Å²) in [6.45, 7) is 4.27. The summed E-state index contributed by atoms with van der Waals surface area (Å²) < 4.78 is 15.5. The molecule has 0 aliphatic carbocycles. The Morgan fingerprint density at radius 3 is 2.79 bits per heavy atom. The van der Waals surface area contributed by atoms with E-state index in [-0.39, 0.29) is 11.7 Å². The maximum absolute atomic E-state index is 14.1. The lowest BCUT2D eigenvalue weighted by atomic mass is 10.3. The molecule has 2 aromatic heterocycles. The quantitative estimate of drug-likeness (QED) is 0.698. The van der Waals surface area contributed by atoms with E-state index >= 15 is 0 Å². The molecule has 3 aromatic rings. The smallest absolute Gasteiger partial charge is 0.216 e. The molecule has 0 unspecified atom stereocenters. The van der Waals surface area contributed by atoms with Crippen molar-refractivity contribution < 1.29 is 9.18 Å². The first kappa shape index (κ1) is 15.9. The number of nitrogens with one attached hydrogen (secondary N) is 2. The number of para-hydroxylation sites is 1. The van der Waals surface area contributed by atoms with Crippen LogP contribution in [0.2, 0.25) is 0 Å². The van der Waals surface area contributed by atoms with Gasteiger partial charge >= 0.3 is 0 Å². The Kier molecular flexibility index (Phi) is 4.37. The molecule has 24 heavy (non-hydrogen) atoms. The van der Waals surface area contributed by atoms with Crippen LogP contribution in [0.4, 0.5) is 10.2 Å². The Morgan fingerprint density at radius 2 is 2.04 bits per heavy atom. The molecule has 2 heterocycles. The number of fused-ring (bicyclic) bond motifs is 1. The summed E-state index contributed by atoms with van der Waals surface area (Å²) in [4.78, 5) is 19.4. The van der Waals surface area contributed by atoms with Crippen LogP contribution in [0, 0.1) is 12.7 Å². The number of hydrogen-bond donors (Lipinski definition) is 2. The lowest BCUT2D eigenvalue weighted by Crippen LogP contribution is -2.26. The largest absolute Gasteiger partial charge is 0.368 e. The van der Waals surface area contributed by atoms with Crippen LogP contribution in [-0.4, -0.2) is 38.7 Å². The van der Waals surface area contributed by atoms with Gasteiger partial charge in [-0.25, -0.2) is 19.0 Å². The second-order valence-corrected chi connectivity index (χ2v) is 5.28. The maximum Gasteiger partial charge on any atom is 0.216 e. The fraction of sp³-hybridized carbons (Fsp3) is 0.250. The molecule has 7 nitrogen and oxygen atoms in total. The van der Waals surface area contributed by atoms with Crippen LogP contribution in [0.15, 0.2) is 30.6 Å². The average Bonchev–Trinajstić information content (AvgIpc) is 2.89. The minimum Gasteiger partial charge on any atom is -0.368 e. The third kappa shape index (κ3) is 3.03.